The number of anilines is 1. The van der Waals surface area contributed by atoms with Gasteiger partial charge in [0, 0.05) is 6.54 Å². The van der Waals surface area contributed by atoms with Crippen molar-refractivity contribution in [1.82, 2.24) is 14.1 Å². The second kappa shape index (κ2) is 12.2. The first kappa shape index (κ1) is 27.1. The molecule has 0 aliphatic rings. The first-order valence-electron chi connectivity index (χ1n) is 12.0. The number of halogens is 1. The number of amides is 1. The van der Waals surface area contributed by atoms with Crippen molar-refractivity contribution in [3.63, 3.8) is 0 Å². The Kier molecular flexibility index (Phi) is 8.47. The average molecular weight is 595 g/mol. The Morgan fingerprint density at radius 2 is 1.79 bits per heavy atom. The molecule has 2 heterocycles. The first-order valence-corrected chi connectivity index (χ1v) is 14.6. The van der Waals surface area contributed by atoms with E-state index in [0.717, 1.165) is 23.7 Å². The lowest BCUT2D eigenvalue weighted by molar-refractivity contribution is -0.113. The molecule has 1 N–H and O–H groups in total. The number of aryl methyl sites for hydroxylation is 2. The normalized spacial score (nSPS) is 11.0. The standard InChI is InChI=1S/C28H23ClN4O3S3/c1-36-22-14-8-7-13-21(22)33-26(35)24-25(32(28(37)39-24)16-15-18-9-3-2-4-10-18)31-27(33)38-17-23(34)30-20-12-6-5-11-19(20)29/h2-14H,15-17H2,1H3,(H,30,34). The highest BCUT2D eigenvalue weighted by Crippen LogP contribution is 2.29. The van der Waals surface area contributed by atoms with Gasteiger partial charge in [-0.25, -0.2) is 4.98 Å². The number of para-hydroxylation sites is 3. The highest BCUT2D eigenvalue weighted by Gasteiger charge is 2.21. The van der Waals surface area contributed by atoms with Crippen LogP contribution in [0.3, 0.4) is 0 Å². The van der Waals surface area contributed by atoms with Crippen molar-refractivity contribution in [2.45, 2.75) is 18.1 Å². The number of methoxy groups -OCH3 is 1. The summed E-state index contributed by atoms with van der Waals surface area (Å²) < 4.78 is 9.94. The Bertz CT molecular complexity index is 1770. The zero-order valence-electron chi connectivity index (χ0n) is 20.8. The van der Waals surface area contributed by atoms with E-state index >= 15 is 0 Å². The second-order valence-electron chi connectivity index (χ2n) is 8.43. The molecule has 5 aromatic rings. The Morgan fingerprint density at radius 3 is 2.56 bits per heavy atom. The first-order chi connectivity index (χ1) is 19.0. The summed E-state index contributed by atoms with van der Waals surface area (Å²) in [5, 5.41) is 3.61. The van der Waals surface area contributed by atoms with E-state index in [9.17, 15) is 9.59 Å². The van der Waals surface area contributed by atoms with Crippen molar-refractivity contribution in [3.8, 4) is 11.4 Å². The molecule has 39 heavy (non-hydrogen) atoms. The summed E-state index contributed by atoms with van der Waals surface area (Å²) in [6.45, 7) is 0.574. The van der Waals surface area contributed by atoms with Gasteiger partial charge < -0.3 is 14.6 Å². The number of aromatic nitrogens is 3. The molecule has 5 rings (SSSR count). The summed E-state index contributed by atoms with van der Waals surface area (Å²) in [4.78, 5) is 31.7. The fourth-order valence-corrected chi connectivity index (χ4v) is 6.35. The number of nitrogens with one attached hydrogen (secondary N) is 1. The molecule has 2 aromatic heterocycles. The van der Waals surface area contributed by atoms with Gasteiger partial charge in [0.05, 0.1) is 29.3 Å². The zero-order chi connectivity index (χ0) is 27.4. The fourth-order valence-electron chi connectivity index (χ4n) is 4.06. The summed E-state index contributed by atoms with van der Waals surface area (Å²) >= 11 is 14.2. The molecule has 0 fully saturated rings. The number of carbonyl (C=O) groups is 1. The van der Waals surface area contributed by atoms with Gasteiger partial charge in [-0.2, -0.15) is 0 Å². The van der Waals surface area contributed by atoms with Crippen molar-refractivity contribution in [1.29, 1.82) is 0 Å². The Labute approximate surface area is 243 Å². The van der Waals surface area contributed by atoms with E-state index < -0.39 is 0 Å². The molecule has 1 amide bonds. The molecule has 7 nitrogen and oxygen atoms in total. The largest absolute Gasteiger partial charge is 0.495 e. The molecular weight excluding hydrogens is 572 g/mol. The van der Waals surface area contributed by atoms with Crippen LogP contribution < -0.4 is 15.6 Å². The van der Waals surface area contributed by atoms with E-state index in [0.29, 0.717) is 48.1 Å². The number of rotatable bonds is 9. The topological polar surface area (TPSA) is 78.2 Å². The van der Waals surface area contributed by atoms with Crippen LogP contribution in [0.1, 0.15) is 5.56 Å². The predicted molar refractivity (Wildman–Crippen MR) is 162 cm³/mol. The highest BCUT2D eigenvalue weighted by molar-refractivity contribution is 7.99. The Hall–Kier alpha value is -3.44. The molecule has 0 aliphatic heterocycles. The molecule has 0 atom stereocenters. The molecule has 11 heteroatoms. The van der Waals surface area contributed by atoms with Gasteiger partial charge in [-0.3, -0.25) is 14.2 Å². The summed E-state index contributed by atoms with van der Waals surface area (Å²) in [7, 11) is 1.55. The number of thioether (sulfide) groups is 1. The lowest BCUT2D eigenvalue weighted by Crippen LogP contribution is -2.23. The molecular formula is C28H23ClN4O3S3. The minimum atomic E-state index is -0.278. The number of hydrogen-bond acceptors (Lipinski definition) is 7. The van der Waals surface area contributed by atoms with Crippen LogP contribution >= 0.6 is 46.9 Å². The minimum Gasteiger partial charge on any atom is -0.495 e. The monoisotopic (exact) mass is 594 g/mol. The fraction of sp³-hybridized carbons (Fsp3) is 0.143. The second-order valence-corrected chi connectivity index (χ2v) is 11.4. The van der Waals surface area contributed by atoms with E-state index in [1.54, 1.807) is 43.5 Å². The molecule has 0 radical (unpaired) electrons. The van der Waals surface area contributed by atoms with Gasteiger partial charge in [0.25, 0.3) is 5.56 Å². The van der Waals surface area contributed by atoms with Crippen molar-refractivity contribution in [2.24, 2.45) is 0 Å². The number of benzene rings is 3. The van der Waals surface area contributed by atoms with Crippen LogP contribution in [-0.4, -0.2) is 32.9 Å². The maximum Gasteiger partial charge on any atom is 0.278 e. The van der Waals surface area contributed by atoms with Gasteiger partial charge in [0.2, 0.25) is 5.91 Å². The van der Waals surface area contributed by atoms with Crippen molar-refractivity contribution in [2.75, 3.05) is 18.2 Å². The van der Waals surface area contributed by atoms with Gasteiger partial charge in [-0.1, -0.05) is 89.3 Å². The van der Waals surface area contributed by atoms with Crippen molar-refractivity contribution >= 4 is 68.9 Å². The molecule has 0 spiro atoms. The SMILES string of the molecule is COc1ccccc1-n1c(SCC(=O)Nc2ccccc2Cl)nc2c(sc(=S)n2CCc2ccccc2)c1=O. The minimum absolute atomic E-state index is 0.00715. The van der Waals surface area contributed by atoms with Crippen LogP contribution in [0.2, 0.25) is 5.02 Å². The zero-order valence-corrected chi connectivity index (χ0v) is 24.0. The molecule has 3 aromatic carbocycles. The van der Waals surface area contributed by atoms with Crippen LogP contribution in [0.4, 0.5) is 5.69 Å². The van der Waals surface area contributed by atoms with Gasteiger partial charge in [0.15, 0.2) is 14.8 Å². The highest BCUT2D eigenvalue weighted by atomic mass is 35.5. The maximum absolute atomic E-state index is 13.9. The molecule has 0 saturated carbocycles. The van der Waals surface area contributed by atoms with Gasteiger partial charge >= 0.3 is 0 Å². The summed E-state index contributed by atoms with van der Waals surface area (Å²) in [5.74, 6) is 0.239. The molecule has 0 bridgehead atoms. The third kappa shape index (κ3) is 5.94. The number of fused-ring (bicyclic) bond motifs is 1. The van der Waals surface area contributed by atoms with Crippen molar-refractivity contribution < 1.29 is 9.53 Å². The Balaban J connectivity index is 1.55. The lowest BCUT2D eigenvalue weighted by Gasteiger charge is -2.15. The van der Waals surface area contributed by atoms with E-state index in [1.165, 1.54) is 15.9 Å². The summed E-state index contributed by atoms with van der Waals surface area (Å²) in [6.07, 6.45) is 0.737. The molecule has 198 valence electrons. The Morgan fingerprint density at radius 1 is 1.08 bits per heavy atom. The third-order valence-corrected chi connectivity index (χ3v) is 8.63. The smallest absolute Gasteiger partial charge is 0.278 e. The number of thiazole rings is 1. The maximum atomic E-state index is 13.9. The number of ether oxygens (including phenoxy) is 1. The average Bonchev–Trinajstić information content (AvgIpc) is 3.27. The van der Waals surface area contributed by atoms with Crippen LogP contribution in [0.25, 0.3) is 16.0 Å². The predicted octanol–water partition coefficient (Wildman–Crippen LogP) is 6.61. The van der Waals surface area contributed by atoms with E-state index in [2.05, 4.69) is 17.4 Å². The van der Waals surface area contributed by atoms with Crippen LogP contribution in [0.15, 0.2) is 88.8 Å². The van der Waals surface area contributed by atoms with Crippen LogP contribution in [-0.2, 0) is 17.8 Å². The summed E-state index contributed by atoms with van der Waals surface area (Å²) in [5.41, 5.74) is 2.44. The van der Waals surface area contributed by atoms with E-state index in [1.807, 2.05) is 34.9 Å². The third-order valence-electron chi connectivity index (χ3n) is 5.93. The van der Waals surface area contributed by atoms with Crippen LogP contribution in [0, 0.1) is 3.95 Å². The van der Waals surface area contributed by atoms with Crippen LogP contribution in [0.5, 0.6) is 5.75 Å². The molecule has 0 unspecified atom stereocenters. The van der Waals surface area contributed by atoms with Gasteiger partial charge in [-0.15, -0.1) is 0 Å². The molecule has 0 aliphatic carbocycles. The number of carbonyl (C=O) groups excluding carboxylic acids is 1. The van der Waals surface area contributed by atoms with E-state index in [4.69, 9.17) is 33.5 Å². The van der Waals surface area contributed by atoms with Crippen molar-refractivity contribution in [3.05, 3.63) is 104 Å². The number of nitrogens with zero attached hydrogens (tertiary/aromatic N) is 3. The quantitative estimate of drug-likeness (QED) is 0.117. The van der Waals surface area contributed by atoms with E-state index in [-0.39, 0.29) is 17.2 Å². The lowest BCUT2D eigenvalue weighted by atomic mass is 10.1. The van der Waals surface area contributed by atoms with Gasteiger partial charge in [0.1, 0.15) is 10.4 Å². The van der Waals surface area contributed by atoms with Gasteiger partial charge in [-0.05, 0) is 48.5 Å². The summed E-state index contributed by atoms with van der Waals surface area (Å²) in [6, 6.07) is 24.3. The number of hydrogen-bond donors (Lipinski definition) is 1. The molecule has 0 saturated heterocycles.